The molecule has 1 atom stereocenters. The fourth-order valence-corrected chi connectivity index (χ4v) is 0.391. The second-order valence-electron chi connectivity index (χ2n) is 0.865. The smallest absolute Gasteiger partial charge is 0.709 e. The Hall–Kier alpha value is 1.03. The zero-order chi connectivity index (χ0) is 5.70. The molecule has 0 aromatic heterocycles. The first kappa shape index (κ1) is 11.8. The van der Waals surface area contributed by atoms with Crippen molar-refractivity contribution in [3.8, 4) is 0 Å². The normalized spacial score (nSPS) is 12.2. The second kappa shape index (κ2) is 8.03. The van der Waals surface area contributed by atoms with Crippen molar-refractivity contribution < 1.29 is 43.4 Å². The molecule has 0 bridgehead atoms. The predicted molar refractivity (Wildman–Crippen MR) is 23.1 cm³/mol. The molecule has 0 aliphatic carbocycles. The first-order valence-corrected chi connectivity index (χ1v) is 2.94. The number of hydrogen-bond acceptors (Lipinski definition) is 4. The van der Waals surface area contributed by atoms with Crippen molar-refractivity contribution in [1.29, 1.82) is 0 Å². The minimum atomic E-state index is -1.71. The molecule has 8 heavy (non-hydrogen) atoms. The zero-order valence-corrected chi connectivity index (χ0v) is 7.44. The number of nitrogens with two attached hydrogens (primary N) is 1. The Labute approximate surface area is 72.3 Å². The summed E-state index contributed by atoms with van der Waals surface area (Å²) in [5.41, 5.74) is 4.89. The Balaban J connectivity index is 0. The molecule has 0 amide bonds. The van der Waals surface area contributed by atoms with Gasteiger partial charge >= 0.3 is 29.6 Å². The quantitative estimate of drug-likeness (QED) is 0.246. The van der Waals surface area contributed by atoms with Gasteiger partial charge < -0.3 is 15.3 Å². The van der Waals surface area contributed by atoms with Crippen molar-refractivity contribution in [3.63, 3.8) is 0 Å². The molecule has 0 saturated carbocycles. The minimum absolute atomic E-state index is 0. The SMILES string of the molecule is NCCS(=O)O[O-].[Na+]. The van der Waals surface area contributed by atoms with Crippen LogP contribution in [0.4, 0.5) is 0 Å². The van der Waals surface area contributed by atoms with Gasteiger partial charge in [0.2, 0.25) is 0 Å². The molecule has 0 heterocycles. The van der Waals surface area contributed by atoms with Crippen molar-refractivity contribution >= 4 is 11.1 Å². The average molecular weight is 147 g/mol. The Morgan fingerprint density at radius 3 is 2.38 bits per heavy atom. The molecule has 0 aromatic rings. The maximum atomic E-state index is 9.91. The third kappa shape index (κ3) is 7.03. The molecule has 0 aliphatic rings. The summed E-state index contributed by atoms with van der Waals surface area (Å²) < 4.78 is 13.0. The summed E-state index contributed by atoms with van der Waals surface area (Å²) in [6.45, 7) is 0.217. The summed E-state index contributed by atoms with van der Waals surface area (Å²) in [6.07, 6.45) is 0. The van der Waals surface area contributed by atoms with Crippen LogP contribution in [0, 0.1) is 0 Å². The van der Waals surface area contributed by atoms with Crippen molar-refractivity contribution in [2.24, 2.45) is 5.73 Å². The molecular formula is C2H6NNaO3S. The van der Waals surface area contributed by atoms with E-state index in [0.29, 0.717) is 0 Å². The van der Waals surface area contributed by atoms with Gasteiger partial charge in [-0.05, 0) is 0 Å². The van der Waals surface area contributed by atoms with Crippen LogP contribution >= 0.6 is 0 Å². The van der Waals surface area contributed by atoms with Crippen molar-refractivity contribution in [3.05, 3.63) is 0 Å². The van der Waals surface area contributed by atoms with E-state index in [4.69, 9.17) is 11.0 Å². The fourth-order valence-electron chi connectivity index (χ4n) is 0.130. The third-order valence-electron chi connectivity index (χ3n) is 0.360. The molecule has 0 radical (unpaired) electrons. The van der Waals surface area contributed by atoms with Crippen LogP contribution in [0.2, 0.25) is 0 Å². The van der Waals surface area contributed by atoms with Gasteiger partial charge in [0.25, 0.3) is 0 Å². The topological polar surface area (TPSA) is 75.4 Å². The van der Waals surface area contributed by atoms with Crippen LogP contribution in [-0.4, -0.2) is 16.5 Å². The summed E-state index contributed by atoms with van der Waals surface area (Å²) in [4.78, 5) is 0. The van der Waals surface area contributed by atoms with Gasteiger partial charge in [-0.2, -0.15) is 0 Å². The van der Waals surface area contributed by atoms with Crippen LogP contribution in [-0.2, 0) is 15.4 Å². The van der Waals surface area contributed by atoms with Crippen molar-refractivity contribution in [2.75, 3.05) is 12.3 Å². The molecule has 4 nitrogen and oxygen atoms in total. The van der Waals surface area contributed by atoms with E-state index in [2.05, 4.69) is 4.33 Å². The Morgan fingerprint density at radius 2 is 2.25 bits per heavy atom. The molecule has 44 valence electrons. The second-order valence-corrected chi connectivity index (χ2v) is 2.02. The van der Waals surface area contributed by atoms with Crippen LogP contribution in [0.15, 0.2) is 0 Å². The maximum Gasteiger partial charge on any atom is 1.00 e. The minimum Gasteiger partial charge on any atom is -0.709 e. The van der Waals surface area contributed by atoms with E-state index in [0.717, 1.165) is 0 Å². The van der Waals surface area contributed by atoms with E-state index in [-0.39, 0.29) is 41.9 Å². The van der Waals surface area contributed by atoms with Crippen LogP contribution in [0.3, 0.4) is 0 Å². The number of hydrogen-bond donors (Lipinski definition) is 1. The van der Waals surface area contributed by atoms with Gasteiger partial charge in [0.15, 0.2) is 0 Å². The Morgan fingerprint density at radius 1 is 1.75 bits per heavy atom. The van der Waals surface area contributed by atoms with Gasteiger partial charge in [-0.3, -0.25) is 0 Å². The fraction of sp³-hybridized carbons (Fsp3) is 1.00. The van der Waals surface area contributed by atoms with E-state index < -0.39 is 11.1 Å². The van der Waals surface area contributed by atoms with Crippen LogP contribution in [0.25, 0.3) is 0 Å². The van der Waals surface area contributed by atoms with E-state index in [1.165, 1.54) is 0 Å². The first-order chi connectivity index (χ1) is 3.31. The van der Waals surface area contributed by atoms with Gasteiger partial charge in [-0.1, -0.05) is 0 Å². The van der Waals surface area contributed by atoms with Crippen molar-refractivity contribution in [1.82, 2.24) is 0 Å². The molecule has 0 aliphatic heterocycles. The van der Waals surface area contributed by atoms with Crippen LogP contribution in [0.1, 0.15) is 0 Å². The third-order valence-corrected chi connectivity index (χ3v) is 1.08. The van der Waals surface area contributed by atoms with Gasteiger partial charge in [0.1, 0.15) is 11.1 Å². The monoisotopic (exact) mass is 147 g/mol. The van der Waals surface area contributed by atoms with E-state index in [1.54, 1.807) is 0 Å². The predicted octanol–water partition coefficient (Wildman–Crippen LogP) is -5.10. The largest absolute Gasteiger partial charge is 1.00 e. The van der Waals surface area contributed by atoms with E-state index in [1.807, 2.05) is 0 Å². The van der Waals surface area contributed by atoms with Gasteiger partial charge in [-0.15, -0.1) is 0 Å². The molecule has 0 fully saturated rings. The summed E-state index contributed by atoms with van der Waals surface area (Å²) in [5, 5.41) is 9.16. The van der Waals surface area contributed by atoms with E-state index >= 15 is 0 Å². The Bertz CT molecular complexity index is 70.3. The molecule has 2 N–H and O–H groups in total. The molecule has 0 spiro atoms. The van der Waals surface area contributed by atoms with Gasteiger partial charge in [0.05, 0.1) is 5.75 Å². The number of rotatable bonds is 3. The molecule has 6 heteroatoms. The summed E-state index contributed by atoms with van der Waals surface area (Å²) >= 11 is -1.71. The molecule has 0 saturated heterocycles. The van der Waals surface area contributed by atoms with Gasteiger partial charge in [0, 0.05) is 6.54 Å². The standard InChI is InChI=1S/C2H7NO3S.Na/c3-1-2-7(5)6-4;/h4H,1-3H2;/q;+1/p-1. The summed E-state index contributed by atoms with van der Waals surface area (Å²) in [7, 11) is 0. The Kier molecular flexibility index (Phi) is 11.8. The van der Waals surface area contributed by atoms with Crippen LogP contribution in [0.5, 0.6) is 0 Å². The van der Waals surface area contributed by atoms with Gasteiger partial charge in [-0.25, -0.2) is 4.21 Å². The molecule has 0 rings (SSSR count). The molecule has 0 aromatic carbocycles. The first-order valence-electron chi connectivity index (χ1n) is 1.70. The molecule has 1 unspecified atom stereocenters. The zero-order valence-electron chi connectivity index (χ0n) is 4.62. The average Bonchev–Trinajstić information content (AvgIpc) is 1.68. The van der Waals surface area contributed by atoms with Crippen molar-refractivity contribution in [2.45, 2.75) is 0 Å². The van der Waals surface area contributed by atoms with E-state index in [9.17, 15) is 4.21 Å². The summed E-state index contributed by atoms with van der Waals surface area (Å²) in [5.74, 6) is 0.115. The summed E-state index contributed by atoms with van der Waals surface area (Å²) in [6, 6.07) is 0. The van der Waals surface area contributed by atoms with Crippen LogP contribution < -0.4 is 40.5 Å². The molecular weight excluding hydrogens is 141 g/mol. The maximum absolute atomic E-state index is 9.91.